The minimum absolute atomic E-state index is 0.183. The van der Waals surface area contributed by atoms with Gasteiger partial charge in [-0.2, -0.15) is 0 Å². The molecule has 1 atom stereocenters. The summed E-state index contributed by atoms with van der Waals surface area (Å²) in [5.41, 5.74) is 0.406. The molecule has 0 amide bonds. The van der Waals surface area contributed by atoms with Crippen molar-refractivity contribution in [1.82, 2.24) is 0 Å². The van der Waals surface area contributed by atoms with Crippen LogP contribution < -0.4 is 0 Å². The lowest BCUT2D eigenvalue weighted by atomic mass is 9.70. The summed E-state index contributed by atoms with van der Waals surface area (Å²) >= 11 is 0. The Morgan fingerprint density at radius 3 is 2.58 bits per heavy atom. The van der Waals surface area contributed by atoms with Crippen LogP contribution in [0.2, 0.25) is 0 Å². The second-order valence-electron chi connectivity index (χ2n) is 6.36. The van der Waals surface area contributed by atoms with Crippen molar-refractivity contribution >= 4 is 11.6 Å². The lowest BCUT2D eigenvalue weighted by molar-refractivity contribution is -0.125. The molecule has 0 saturated carbocycles. The van der Waals surface area contributed by atoms with Crippen molar-refractivity contribution in [3.63, 3.8) is 0 Å². The van der Waals surface area contributed by atoms with Crippen LogP contribution in [0.15, 0.2) is 11.6 Å². The summed E-state index contributed by atoms with van der Waals surface area (Å²) in [5.74, 6) is 0.381. The van der Waals surface area contributed by atoms with E-state index in [2.05, 4.69) is 0 Å². The number of Topliss-reactive ketones (excluding diaryl/α,β-unsaturated/α-hetero) is 1. The molecule has 108 valence electrons. The second-order valence-corrected chi connectivity index (χ2v) is 6.36. The fraction of sp³-hybridized carbons (Fsp3) is 0.750. The molecule has 0 heterocycles. The first-order valence-corrected chi connectivity index (χ1v) is 7.01. The molecule has 0 aromatic rings. The highest BCUT2D eigenvalue weighted by Crippen LogP contribution is 2.40. The van der Waals surface area contributed by atoms with Gasteiger partial charge in [0.1, 0.15) is 5.78 Å². The third-order valence-electron chi connectivity index (χ3n) is 4.39. The van der Waals surface area contributed by atoms with Crippen molar-refractivity contribution in [2.75, 3.05) is 7.11 Å². The zero-order valence-electron chi connectivity index (χ0n) is 12.8. The van der Waals surface area contributed by atoms with Gasteiger partial charge in [-0.3, -0.25) is 4.79 Å². The zero-order chi connectivity index (χ0) is 14.7. The molecule has 19 heavy (non-hydrogen) atoms. The molecule has 1 unspecified atom stereocenters. The lowest BCUT2D eigenvalue weighted by Gasteiger charge is -2.36. The highest BCUT2D eigenvalue weighted by molar-refractivity contribution is 5.96. The van der Waals surface area contributed by atoms with Crippen LogP contribution in [-0.2, 0) is 14.3 Å². The van der Waals surface area contributed by atoms with E-state index in [4.69, 9.17) is 4.74 Å². The van der Waals surface area contributed by atoms with E-state index in [0.29, 0.717) is 6.42 Å². The summed E-state index contributed by atoms with van der Waals surface area (Å²) in [5, 5.41) is 0. The molecule has 0 aromatic carbocycles. The van der Waals surface area contributed by atoms with Gasteiger partial charge in [-0.1, -0.05) is 6.92 Å². The largest absolute Gasteiger partial charge is 0.374 e. The van der Waals surface area contributed by atoms with Crippen LogP contribution in [-0.4, -0.2) is 24.3 Å². The van der Waals surface area contributed by atoms with Crippen LogP contribution in [0.25, 0.3) is 0 Å². The molecule has 0 fully saturated rings. The molecule has 0 bridgehead atoms. The first kappa shape index (κ1) is 16.1. The van der Waals surface area contributed by atoms with Crippen LogP contribution in [0, 0.1) is 5.41 Å². The summed E-state index contributed by atoms with van der Waals surface area (Å²) in [6.07, 6.45) is 5.67. The normalized spacial score (nSPS) is 24.3. The Morgan fingerprint density at radius 2 is 2.11 bits per heavy atom. The standard InChI is InChI=1S/C16H26O3/c1-12(17)7-6-9-16(4)10-8-13(11-14(16)18)15(2,3)19-5/h11H,6-10H2,1-5H3. The van der Waals surface area contributed by atoms with E-state index in [-0.39, 0.29) is 22.6 Å². The topological polar surface area (TPSA) is 43.4 Å². The molecule has 1 rings (SSSR count). The van der Waals surface area contributed by atoms with E-state index in [9.17, 15) is 9.59 Å². The Hall–Kier alpha value is -0.960. The summed E-state index contributed by atoms with van der Waals surface area (Å²) in [6, 6.07) is 0. The first-order valence-electron chi connectivity index (χ1n) is 7.01. The monoisotopic (exact) mass is 266 g/mol. The van der Waals surface area contributed by atoms with E-state index in [1.54, 1.807) is 20.1 Å². The van der Waals surface area contributed by atoms with E-state index in [0.717, 1.165) is 31.3 Å². The zero-order valence-corrected chi connectivity index (χ0v) is 12.8. The van der Waals surface area contributed by atoms with Gasteiger partial charge < -0.3 is 9.53 Å². The predicted octanol–water partition coefficient (Wildman–Crippen LogP) is 3.47. The number of methoxy groups -OCH3 is 1. The smallest absolute Gasteiger partial charge is 0.161 e. The molecule has 0 radical (unpaired) electrons. The molecular formula is C16H26O3. The molecule has 3 nitrogen and oxygen atoms in total. The van der Waals surface area contributed by atoms with E-state index < -0.39 is 0 Å². The Bertz CT molecular complexity index is 393. The van der Waals surface area contributed by atoms with Gasteiger partial charge in [0.25, 0.3) is 0 Å². The molecule has 0 N–H and O–H groups in total. The van der Waals surface area contributed by atoms with Gasteiger partial charge in [0, 0.05) is 18.9 Å². The maximum absolute atomic E-state index is 12.3. The second kappa shape index (κ2) is 6.00. The maximum Gasteiger partial charge on any atom is 0.161 e. The maximum atomic E-state index is 12.3. The molecule has 1 aliphatic rings. The Kier molecular flexibility index (Phi) is 5.08. The summed E-state index contributed by atoms with van der Waals surface area (Å²) in [7, 11) is 1.67. The van der Waals surface area contributed by atoms with Crippen molar-refractivity contribution in [3.05, 3.63) is 11.6 Å². The molecule has 0 aromatic heterocycles. The molecule has 1 aliphatic carbocycles. The molecular weight excluding hydrogens is 240 g/mol. The molecule has 0 aliphatic heterocycles. The van der Waals surface area contributed by atoms with Crippen LogP contribution >= 0.6 is 0 Å². The average molecular weight is 266 g/mol. The number of carbonyl (C=O) groups excluding carboxylic acids is 2. The third-order valence-corrected chi connectivity index (χ3v) is 4.39. The highest BCUT2D eigenvalue weighted by Gasteiger charge is 2.37. The number of ether oxygens (including phenoxy) is 1. The van der Waals surface area contributed by atoms with Crippen LogP contribution in [0.1, 0.15) is 59.8 Å². The number of allylic oxidation sites excluding steroid dienone is 1. The van der Waals surface area contributed by atoms with Crippen molar-refractivity contribution in [2.24, 2.45) is 5.41 Å². The average Bonchev–Trinajstić information content (AvgIpc) is 2.32. The van der Waals surface area contributed by atoms with Crippen LogP contribution in [0.5, 0.6) is 0 Å². The fourth-order valence-corrected chi connectivity index (χ4v) is 2.52. The van der Waals surface area contributed by atoms with Gasteiger partial charge in [0.15, 0.2) is 5.78 Å². The van der Waals surface area contributed by atoms with Crippen molar-refractivity contribution in [1.29, 1.82) is 0 Å². The summed E-state index contributed by atoms with van der Waals surface area (Å²) in [4.78, 5) is 23.3. The molecule has 0 spiro atoms. The molecule has 3 heteroatoms. The van der Waals surface area contributed by atoms with Gasteiger partial charge in [0.05, 0.1) is 5.60 Å². The van der Waals surface area contributed by atoms with Crippen LogP contribution in [0.4, 0.5) is 0 Å². The van der Waals surface area contributed by atoms with Gasteiger partial charge >= 0.3 is 0 Å². The Labute approximate surface area is 116 Å². The molecule has 0 saturated heterocycles. The van der Waals surface area contributed by atoms with Crippen molar-refractivity contribution in [2.45, 2.75) is 65.4 Å². The number of rotatable bonds is 6. The fourth-order valence-electron chi connectivity index (χ4n) is 2.52. The predicted molar refractivity (Wildman–Crippen MR) is 76.1 cm³/mol. The number of ketones is 2. The summed E-state index contributed by atoms with van der Waals surface area (Å²) in [6.45, 7) is 7.60. The van der Waals surface area contributed by atoms with Gasteiger partial charge in [-0.25, -0.2) is 0 Å². The number of carbonyl (C=O) groups is 2. The number of hydrogen-bond donors (Lipinski definition) is 0. The lowest BCUT2D eigenvalue weighted by Crippen LogP contribution is -2.35. The minimum Gasteiger partial charge on any atom is -0.374 e. The quantitative estimate of drug-likeness (QED) is 0.739. The van der Waals surface area contributed by atoms with Crippen molar-refractivity contribution in [3.8, 4) is 0 Å². The third kappa shape index (κ3) is 4.00. The Balaban J connectivity index is 2.72. The van der Waals surface area contributed by atoms with E-state index in [1.807, 2.05) is 20.8 Å². The van der Waals surface area contributed by atoms with Gasteiger partial charge in [-0.15, -0.1) is 0 Å². The van der Waals surface area contributed by atoms with E-state index in [1.165, 1.54) is 0 Å². The summed E-state index contributed by atoms with van der Waals surface area (Å²) < 4.78 is 5.44. The van der Waals surface area contributed by atoms with Gasteiger partial charge in [0.2, 0.25) is 0 Å². The highest BCUT2D eigenvalue weighted by atomic mass is 16.5. The first-order chi connectivity index (χ1) is 8.71. The minimum atomic E-state index is -0.365. The van der Waals surface area contributed by atoms with Gasteiger partial charge in [-0.05, 0) is 58.1 Å². The SMILES string of the molecule is COC(C)(C)C1=CC(=O)C(C)(CCCC(C)=O)CC1. The van der Waals surface area contributed by atoms with E-state index >= 15 is 0 Å². The van der Waals surface area contributed by atoms with Crippen molar-refractivity contribution < 1.29 is 14.3 Å². The van der Waals surface area contributed by atoms with Crippen LogP contribution in [0.3, 0.4) is 0 Å². The Morgan fingerprint density at radius 1 is 1.47 bits per heavy atom. The number of hydrogen-bond acceptors (Lipinski definition) is 3.